The van der Waals surface area contributed by atoms with Gasteiger partial charge in [0, 0.05) is 5.69 Å². The van der Waals surface area contributed by atoms with E-state index in [2.05, 4.69) is 5.32 Å². The topological polar surface area (TPSA) is 127 Å². The van der Waals surface area contributed by atoms with Gasteiger partial charge in [-0.25, -0.2) is 0 Å². The number of nitrogens with one attached hydrogen (secondary N) is 1. The van der Waals surface area contributed by atoms with E-state index in [9.17, 15) is 18.0 Å². The zero-order valence-corrected chi connectivity index (χ0v) is 10.1. The highest BCUT2D eigenvalue weighted by Gasteiger charge is 2.12. The second-order valence-electron chi connectivity index (χ2n) is 3.47. The van der Waals surface area contributed by atoms with Crippen LogP contribution in [0.1, 0.15) is 6.42 Å². The molecule has 0 aliphatic heterocycles. The van der Waals surface area contributed by atoms with Crippen molar-refractivity contribution in [2.75, 3.05) is 11.9 Å². The summed E-state index contributed by atoms with van der Waals surface area (Å²) >= 11 is 0. The highest BCUT2D eigenvalue weighted by Crippen LogP contribution is 2.15. The molecule has 0 aliphatic carbocycles. The summed E-state index contributed by atoms with van der Waals surface area (Å²) in [6.45, 7) is -0.238. The molecule has 0 spiro atoms. The van der Waals surface area contributed by atoms with E-state index in [1.165, 1.54) is 18.2 Å². The van der Waals surface area contributed by atoms with Gasteiger partial charge in [-0.15, -0.1) is 0 Å². The maximum absolute atomic E-state index is 11.3. The molecule has 0 fully saturated rings. The highest BCUT2D eigenvalue weighted by atomic mass is 32.2. The molecule has 0 heterocycles. The molecule has 0 unspecified atom stereocenters. The average Bonchev–Trinajstić information content (AvgIpc) is 2.27. The van der Waals surface area contributed by atoms with Gasteiger partial charge in [-0.3, -0.25) is 14.1 Å². The molecule has 7 nitrogen and oxygen atoms in total. The van der Waals surface area contributed by atoms with Gasteiger partial charge in [-0.2, -0.15) is 8.42 Å². The molecular weight excluding hydrogens is 260 g/mol. The second kappa shape index (κ2) is 5.71. The number of amides is 1. The van der Waals surface area contributed by atoms with Gasteiger partial charge in [0.25, 0.3) is 10.1 Å². The third-order valence-corrected chi connectivity index (χ3v) is 2.85. The fraction of sp³-hybridized carbons (Fsp3) is 0.200. The Kier molecular flexibility index (Phi) is 4.54. The number of ketones is 1. The number of hydrogen-bond acceptors (Lipinski definition) is 5. The maximum Gasteiger partial charge on any atom is 0.294 e. The zero-order chi connectivity index (χ0) is 13.8. The molecule has 0 aliphatic rings. The van der Waals surface area contributed by atoms with Crippen LogP contribution in [0.5, 0.6) is 0 Å². The number of hydrogen-bond donors (Lipinski definition) is 3. The molecule has 0 atom stereocenters. The summed E-state index contributed by atoms with van der Waals surface area (Å²) < 4.78 is 30.6. The predicted molar refractivity (Wildman–Crippen MR) is 63.6 cm³/mol. The van der Waals surface area contributed by atoms with E-state index in [1.807, 2.05) is 0 Å². The van der Waals surface area contributed by atoms with Gasteiger partial charge in [0.05, 0.1) is 17.9 Å². The Bertz CT molecular complexity index is 567. The van der Waals surface area contributed by atoms with Gasteiger partial charge in [-0.1, -0.05) is 6.07 Å². The fourth-order valence-corrected chi connectivity index (χ4v) is 1.72. The first-order valence-electron chi connectivity index (χ1n) is 4.92. The van der Waals surface area contributed by atoms with Gasteiger partial charge < -0.3 is 11.1 Å². The Morgan fingerprint density at radius 2 is 2.00 bits per heavy atom. The van der Waals surface area contributed by atoms with Gasteiger partial charge in [0.1, 0.15) is 0 Å². The van der Waals surface area contributed by atoms with E-state index >= 15 is 0 Å². The summed E-state index contributed by atoms with van der Waals surface area (Å²) in [5.41, 5.74) is 5.22. The van der Waals surface area contributed by atoms with Crippen molar-refractivity contribution in [3.63, 3.8) is 0 Å². The molecule has 4 N–H and O–H groups in total. The number of rotatable bonds is 5. The lowest BCUT2D eigenvalue weighted by molar-refractivity contribution is -0.124. The minimum absolute atomic E-state index is 0.167. The predicted octanol–water partition coefficient (Wildman–Crippen LogP) is -0.210. The summed E-state index contributed by atoms with van der Waals surface area (Å²) in [5, 5.41) is 2.33. The van der Waals surface area contributed by atoms with Gasteiger partial charge in [-0.05, 0) is 18.2 Å². The molecule has 1 amide bonds. The first kappa shape index (κ1) is 14.3. The molecule has 0 saturated heterocycles. The SMILES string of the molecule is NCC(=O)CC(=O)Nc1cccc(S(=O)(=O)O)c1. The summed E-state index contributed by atoms with van der Waals surface area (Å²) in [6, 6.07) is 5.04. The first-order valence-corrected chi connectivity index (χ1v) is 6.36. The second-order valence-corrected chi connectivity index (χ2v) is 4.89. The minimum atomic E-state index is -4.33. The average molecular weight is 272 g/mol. The highest BCUT2D eigenvalue weighted by molar-refractivity contribution is 7.85. The van der Waals surface area contributed by atoms with Crippen LogP contribution in [0.2, 0.25) is 0 Å². The van der Waals surface area contributed by atoms with Crippen LogP contribution in [0.25, 0.3) is 0 Å². The maximum atomic E-state index is 11.3. The standard InChI is InChI=1S/C10H12N2O5S/c11-6-8(13)5-10(14)12-7-2-1-3-9(4-7)18(15,16)17/h1-4H,5-6,11H2,(H,12,14)(H,15,16,17). The Labute approximate surface area is 104 Å². The molecule has 0 radical (unpaired) electrons. The molecule has 1 rings (SSSR count). The Morgan fingerprint density at radius 1 is 1.33 bits per heavy atom. The third kappa shape index (κ3) is 4.24. The van der Waals surface area contributed by atoms with Crippen LogP contribution in [0, 0.1) is 0 Å². The van der Waals surface area contributed by atoms with E-state index in [0.29, 0.717) is 0 Å². The molecule has 8 heteroatoms. The zero-order valence-electron chi connectivity index (χ0n) is 9.29. The monoisotopic (exact) mass is 272 g/mol. The van der Waals surface area contributed by atoms with Crippen molar-refractivity contribution in [3.8, 4) is 0 Å². The van der Waals surface area contributed by atoms with E-state index < -0.39 is 21.8 Å². The lowest BCUT2D eigenvalue weighted by atomic mass is 10.2. The van der Waals surface area contributed by atoms with Crippen molar-refractivity contribution >= 4 is 27.5 Å². The molecule has 0 bridgehead atoms. The normalized spacial score (nSPS) is 11.0. The molecule has 98 valence electrons. The van der Waals surface area contributed by atoms with E-state index in [0.717, 1.165) is 6.07 Å². The van der Waals surface area contributed by atoms with Crippen molar-refractivity contribution in [3.05, 3.63) is 24.3 Å². The van der Waals surface area contributed by atoms with Crippen molar-refractivity contribution in [2.24, 2.45) is 5.73 Å². The summed E-state index contributed by atoms with van der Waals surface area (Å²) in [5.74, 6) is -1.03. The smallest absolute Gasteiger partial charge is 0.294 e. The number of carbonyl (C=O) groups excluding carboxylic acids is 2. The van der Waals surface area contributed by atoms with E-state index in [1.54, 1.807) is 0 Å². The van der Waals surface area contributed by atoms with Crippen LogP contribution in [-0.4, -0.2) is 31.2 Å². The Hall–Kier alpha value is -1.77. The summed E-state index contributed by atoms with van der Waals surface area (Å²) in [4.78, 5) is 21.9. The number of benzene rings is 1. The molecule has 1 aromatic rings. The van der Waals surface area contributed by atoms with Gasteiger partial charge in [0.2, 0.25) is 5.91 Å². The van der Waals surface area contributed by atoms with Crippen molar-refractivity contribution < 1.29 is 22.6 Å². The van der Waals surface area contributed by atoms with Crippen molar-refractivity contribution in [1.29, 1.82) is 0 Å². The van der Waals surface area contributed by atoms with Crippen LogP contribution in [0.15, 0.2) is 29.2 Å². The van der Waals surface area contributed by atoms with Gasteiger partial charge >= 0.3 is 0 Å². The summed E-state index contributed by atoms with van der Waals surface area (Å²) in [7, 11) is -4.33. The number of carbonyl (C=O) groups is 2. The minimum Gasteiger partial charge on any atom is -0.326 e. The lowest BCUT2D eigenvalue weighted by Crippen LogP contribution is -2.21. The van der Waals surface area contributed by atoms with Gasteiger partial charge in [0.15, 0.2) is 5.78 Å². The van der Waals surface area contributed by atoms with E-state index in [4.69, 9.17) is 10.3 Å². The van der Waals surface area contributed by atoms with Crippen molar-refractivity contribution in [1.82, 2.24) is 0 Å². The van der Waals surface area contributed by atoms with Crippen LogP contribution >= 0.6 is 0 Å². The molecule has 18 heavy (non-hydrogen) atoms. The molecular formula is C10H12N2O5S. The van der Waals surface area contributed by atoms with Crippen LogP contribution in [0.3, 0.4) is 0 Å². The van der Waals surface area contributed by atoms with Crippen LogP contribution in [0.4, 0.5) is 5.69 Å². The first-order chi connectivity index (χ1) is 8.32. The Morgan fingerprint density at radius 3 is 2.56 bits per heavy atom. The molecule has 1 aromatic carbocycles. The fourth-order valence-electron chi connectivity index (χ4n) is 1.19. The lowest BCUT2D eigenvalue weighted by Gasteiger charge is -2.05. The van der Waals surface area contributed by atoms with E-state index in [-0.39, 0.29) is 23.5 Å². The number of nitrogens with two attached hydrogens (primary N) is 1. The molecule has 0 saturated carbocycles. The summed E-state index contributed by atoms with van der Waals surface area (Å²) in [6.07, 6.45) is -0.382. The largest absolute Gasteiger partial charge is 0.326 e. The number of Topliss-reactive ketones (excluding diaryl/α,β-unsaturated/α-hetero) is 1. The van der Waals surface area contributed by atoms with Crippen molar-refractivity contribution in [2.45, 2.75) is 11.3 Å². The quantitative estimate of drug-likeness (QED) is 0.503. The van der Waals surface area contributed by atoms with Crippen LogP contribution < -0.4 is 11.1 Å². The molecule has 0 aromatic heterocycles. The Balaban J connectivity index is 2.80. The van der Waals surface area contributed by atoms with Crippen LogP contribution in [-0.2, 0) is 19.7 Å². The number of anilines is 1. The third-order valence-electron chi connectivity index (χ3n) is 2.00.